The van der Waals surface area contributed by atoms with Crippen LogP contribution in [0.3, 0.4) is 0 Å². The number of hydrogen-bond donors (Lipinski definition) is 1. The van der Waals surface area contributed by atoms with Crippen molar-refractivity contribution in [2.24, 2.45) is 5.10 Å². The summed E-state index contributed by atoms with van der Waals surface area (Å²) >= 11 is 21.7. The van der Waals surface area contributed by atoms with Crippen LogP contribution in [0.15, 0.2) is 64.2 Å². The molecule has 0 bridgehead atoms. The molecule has 0 aromatic heterocycles. The number of hydrogen-bond acceptors (Lipinski definition) is 6. The third-order valence-electron chi connectivity index (χ3n) is 4.85. The topological polar surface area (TPSA) is 97.3 Å². The second kappa shape index (κ2) is 12.8. The van der Waals surface area contributed by atoms with Crippen LogP contribution in [0.4, 0.5) is 5.69 Å². The lowest BCUT2D eigenvalue weighted by molar-refractivity contribution is -0.119. The Morgan fingerprint density at radius 1 is 1.11 bits per heavy atom. The number of carbonyl (C=O) groups excluding carboxylic acids is 1. The third kappa shape index (κ3) is 7.99. The van der Waals surface area contributed by atoms with Crippen LogP contribution in [-0.4, -0.2) is 40.4 Å². The van der Waals surface area contributed by atoms with Crippen molar-refractivity contribution in [1.82, 2.24) is 5.43 Å². The number of nitrogens with one attached hydrogen (secondary N) is 1. The molecule has 1 N–H and O–H groups in total. The number of hydrazone groups is 1. The number of para-hydroxylation sites is 1. The van der Waals surface area contributed by atoms with Gasteiger partial charge in [-0.1, -0.05) is 53.0 Å². The number of amides is 1. The minimum absolute atomic E-state index is 0.177. The molecule has 1 amide bonds. The van der Waals surface area contributed by atoms with E-state index in [2.05, 4.69) is 26.5 Å². The molecule has 0 aliphatic carbocycles. The maximum absolute atomic E-state index is 12.4. The SMILES string of the molecule is COc1cc(/C=N\NC(=O)CN(c2ccccc2Cl)S(C)(=O)=O)cc(Br)c1OCc1ccc(Cl)cc1Cl. The molecular weight excluding hydrogens is 629 g/mol. The molecule has 0 aliphatic rings. The van der Waals surface area contributed by atoms with E-state index in [9.17, 15) is 13.2 Å². The van der Waals surface area contributed by atoms with Crippen LogP contribution in [0.2, 0.25) is 15.1 Å². The molecule has 0 saturated carbocycles. The number of methoxy groups -OCH3 is 1. The molecule has 0 unspecified atom stereocenters. The van der Waals surface area contributed by atoms with Crippen LogP contribution in [0.1, 0.15) is 11.1 Å². The maximum atomic E-state index is 12.4. The van der Waals surface area contributed by atoms with Gasteiger partial charge in [-0.15, -0.1) is 0 Å². The molecule has 0 spiro atoms. The lowest BCUT2D eigenvalue weighted by Crippen LogP contribution is -2.39. The van der Waals surface area contributed by atoms with Gasteiger partial charge in [0.15, 0.2) is 11.5 Å². The van der Waals surface area contributed by atoms with Crippen LogP contribution in [0.25, 0.3) is 0 Å². The zero-order chi connectivity index (χ0) is 27.2. The number of rotatable bonds is 10. The Morgan fingerprint density at radius 2 is 1.84 bits per heavy atom. The molecule has 0 aliphatic heterocycles. The van der Waals surface area contributed by atoms with Crippen molar-refractivity contribution in [1.29, 1.82) is 0 Å². The molecule has 37 heavy (non-hydrogen) atoms. The highest BCUT2D eigenvalue weighted by Crippen LogP contribution is 2.37. The molecule has 196 valence electrons. The predicted octanol–water partition coefficient (Wildman–Crippen LogP) is 5.91. The minimum atomic E-state index is -3.78. The highest BCUT2D eigenvalue weighted by atomic mass is 79.9. The molecule has 3 rings (SSSR count). The van der Waals surface area contributed by atoms with Gasteiger partial charge in [-0.25, -0.2) is 13.8 Å². The first-order valence-electron chi connectivity index (χ1n) is 10.5. The minimum Gasteiger partial charge on any atom is -0.493 e. The molecule has 0 saturated heterocycles. The van der Waals surface area contributed by atoms with Gasteiger partial charge < -0.3 is 9.47 Å². The van der Waals surface area contributed by atoms with E-state index in [-0.39, 0.29) is 17.3 Å². The van der Waals surface area contributed by atoms with Crippen LogP contribution >= 0.6 is 50.7 Å². The fourth-order valence-corrected chi connectivity index (χ4v) is 5.32. The molecule has 0 fully saturated rings. The molecule has 8 nitrogen and oxygen atoms in total. The lowest BCUT2D eigenvalue weighted by atomic mass is 10.2. The Kier molecular flexibility index (Phi) is 10.1. The second-order valence-corrected chi connectivity index (χ2v) is 11.6. The van der Waals surface area contributed by atoms with Crippen molar-refractivity contribution in [3.05, 3.63) is 85.3 Å². The zero-order valence-electron chi connectivity index (χ0n) is 19.5. The van der Waals surface area contributed by atoms with E-state index in [1.54, 1.807) is 42.5 Å². The molecule has 3 aromatic rings. The molecule has 13 heteroatoms. The summed E-state index contributed by atoms with van der Waals surface area (Å²) in [5.74, 6) is 0.194. The van der Waals surface area contributed by atoms with E-state index in [4.69, 9.17) is 44.3 Å². The number of sulfonamides is 1. The third-order valence-corrected chi connectivity index (χ3v) is 7.47. The number of anilines is 1. The molecular formula is C24H21BrCl3N3O5S. The summed E-state index contributed by atoms with van der Waals surface area (Å²) in [5.41, 5.74) is 3.83. The highest BCUT2D eigenvalue weighted by molar-refractivity contribution is 9.10. The van der Waals surface area contributed by atoms with E-state index >= 15 is 0 Å². The Hall–Kier alpha value is -2.50. The van der Waals surface area contributed by atoms with Gasteiger partial charge >= 0.3 is 0 Å². The fourth-order valence-electron chi connectivity index (χ4n) is 3.12. The Labute approximate surface area is 238 Å². The van der Waals surface area contributed by atoms with E-state index in [0.717, 1.165) is 16.1 Å². The summed E-state index contributed by atoms with van der Waals surface area (Å²) in [5, 5.41) is 5.12. The van der Waals surface area contributed by atoms with Crippen molar-refractivity contribution in [3.63, 3.8) is 0 Å². The Balaban J connectivity index is 1.69. The highest BCUT2D eigenvalue weighted by Gasteiger charge is 2.22. The molecule has 0 atom stereocenters. The molecule has 0 heterocycles. The predicted molar refractivity (Wildman–Crippen MR) is 151 cm³/mol. The van der Waals surface area contributed by atoms with Crippen LogP contribution in [0, 0.1) is 0 Å². The molecule has 0 radical (unpaired) electrons. The number of nitrogens with zero attached hydrogens (tertiary/aromatic N) is 2. The van der Waals surface area contributed by atoms with Crippen molar-refractivity contribution >= 4 is 78.6 Å². The largest absolute Gasteiger partial charge is 0.493 e. The first kappa shape index (κ1) is 29.1. The maximum Gasteiger partial charge on any atom is 0.260 e. The average Bonchev–Trinajstić information content (AvgIpc) is 2.82. The summed E-state index contributed by atoms with van der Waals surface area (Å²) in [6.45, 7) is -0.330. The summed E-state index contributed by atoms with van der Waals surface area (Å²) in [4.78, 5) is 12.4. The van der Waals surface area contributed by atoms with Gasteiger partial charge in [0.05, 0.1) is 34.8 Å². The van der Waals surface area contributed by atoms with Crippen molar-refractivity contribution in [2.45, 2.75) is 6.61 Å². The second-order valence-electron chi connectivity index (χ2n) is 7.57. The van der Waals surface area contributed by atoms with Gasteiger partial charge in [0.2, 0.25) is 10.0 Å². The lowest BCUT2D eigenvalue weighted by Gasteiger charge is -2.22. The van der Waals surface area contributed by atoms with Crippen LogP contribution < -0.4 is 19.2 Å². The Bertz CT molecular complexity index is 1440. The van der Waals surface area contributed by atoms with E-state index in [0.29, 0.717) is 31.6 Å². The monoisotopic (exact) mass is 647 g/mol. The Morgan fingerprint density at radius 3 is 2.49 bits per heavy atom. The normalized spacial score (nSPS) is 11.4. The molecule has 3 aromatic carbocycles. The van der Waals surface area contributed by atoms with E-state index < -0.39 is 22.5 Å². The van der Waals surface area contributed by atoms with Gasteiger partial charge in [-0.05, 0) is 57.9 Å². The first-order chi connectivity index (χ1) is 17.5. The van der Waals surface area contributed by atoms with Gasteiger partial charge in [0.1, 0.15) is 13.2 Å². The van der Waals surface area contributed by atoms with Gasteiger partial charge in [-0.2, -0.15) is 5.10 Å². The first-order valence-corrected chi connectivity index (χ1v) is 14.3. The summed E-state index contributed by atoms with van der Waals surface area (Å²) in [7, 11) is -2.29. The zero-order valence-corrected chi connectivity index (χ0v) is 24.2. The number of halogens is 4. The van der Waals surface area contributed by atoms with Crippen molar-refractivity contribution in [3.8, 4) is 11.5 Å². The number of benzene rings is 3. The van der Waals surface area contributed by atoms with E-state index in [1.807, 2.05) is 0 Å². The van der Waals surface area contributed by atoms with Gasteiger partial charge in [0.25, 0.3) is 5.91 Å². The van der Waals surface area contributed by atoms with Crippen molar-refractivity contribution in [2.75, 3.05) is 24.2 Å². The van der Waals surface area contributed by atoms with Crippen LogP contribution in [-0.2, 0) is 21.4 Å². The number of carbonyl (C=O) groups is 1. The fraction of sp³-hybridized carbons (Fsp3) is 0.167. The number of ether oxygens (including phenoxy) is 2. The van der Waals surface area contributed by atoms with Crippen molar-refractivity contribution < 1.29 is 22.7 Å². The van der Waals surface area contributed by atoms with Gasteiger partial charge in [-0.3, -0.25) is 9.10 Å². The quantitative estimate of drug-likeness (QED) is 0.218. The van der Waals surface area contributed by atoms with Crippen LogP contribution in [0.5, 0.6) is 11.5 Å². The smallest absolute Gasteiger partial charge is 0.260 e. The summed E-state index contributed by atoms with van der Waals surface area (Å²) in [6, 6.07) is 14.8. The van der Waals surface area contributed by atoms with Gasteiger partial charge in [0, 0.05) is 15.6 Å². The summed E-state index contributed by atoms with van der Waals surface area (Å²) in [6.07, 6.45) is 2.37. The van der Waals surface area contributed by atoms with E-state index in [1.165, 1.54) is 25.5 Å². The average molecular weight is 650 g/mol. The summed E-state index contributed by atoms with van der Waals surface area (Å²) < 4.78 is 37.3. The standard InChI is InChI=1S/C24H21BrCl3N3O5S/c1-35-22-10-15(9-18(25)24(22)36-14-16-7-8-17(26)11-20(16)28)12-29-30-23(32)13-31(37(2,33)34)21-6-4-3-5-19(21)27/h3-12H,13-14H2,1-2H3,(H,30,32)/b29-12-.